The molecule has 0 atom stereocenters. The van der Waals surface area contributed by atoms with Gasteiger partial charge in [-0.15, -0.1) is 0 Å². The number of ether oxygens (including phenoxy) is 2. The van der Waals surface area contributed by atoms with Crippen LogP contribution in [0.4, 0.5) is 5.69 Å². The third-order valence-electron chi connectivity index (χ3n) is 1.73. The monoisotopic (exact) mass is 220 g/mol. The van der Waals surface area contributed by atoms with Crippen LogP contribution in [0.5, 0.6) is 5.75 Å². The highest BCUT2D eigenvalue weighted by molar-refractivity contribution is 5.93. The van der Waals surface area contributed by atoms with Gasteiger partial charge >= 0.3 is 0 Å². The maximum absolute atomic E-state index is 11.2. The molecule has 0 bridgehead atoms. The first-order chi connectivity index (χ1) is 7.77. The van der Waals surface area contributed by atoms with E-state index in [4.69, 9.17) is 14.7 Å². The molecule has 1 aromatic rings. The highest BCUT2D eigenvalue weighted by Crippen LogP contribution is 2.23. The SMILES string of the molecule is COCOc1ccccc1NC(=O)CC#N. The van der Waals surface area contributed by atoms with Gasteiger partial charge in [0.1, 0.15) is 12.2 Å². The normalized spacial score (nSPS) is 9.25. The Morgan fingerprint density at radius 2 is 2.25 bits per heavy atom. The molecule has 1 amide bonds. The third-order valence-corrected chi connectivity index (χ3v) is 1.73. The van der Waals surface area contributed by atoms with Crippen molar-refractivity contribution in [2.45, 2.75) is 6.42 Å². The van der Waals surface area contributed by atoms with Crippen molar-refractivity contribution >= 4 is 11.6 Å². The summed E-state index contributed by atoms with van der Waals surface area (Å²) in [6.07, 6.45) is -0.182. The van der Waals surface area contributed by atoms with E-state index >= 15 is 0 Å². The molecule has 0 aliphatic carbocycles. The Morgan fingerprint density at radius 1 is 1.50 bits per heavy atom. The van der Waals surface area contributed by atoms with Crippen LogP contribution in [0.15, 0.2) is 24.3 Å². The number of amides is 1. The van der Waals surface area contributed by atoms with Crippen LogP contribution in [0.3, 0.4) is 0 Å². The van der Waals surface area contributed by atoms with E-state index in [2.05, 4.69) is 5.32 Å². The fourth-order valence-corrected chi connectivity index (χ4v) is 1.08. The van der Waals surface area contributed by atoms with Crippen LogP contribution in [0.1, 0.15) is 6.42 Å². The van der Waals surface area contributed by atoms with Crippen LogP contribution in [0.2, 0.25) is 0 Å². The Labute approximate surface area is 93.6 Å². The number of hydrogen-bond acceptors (Lipinski definition) is 4. The number of carbonyl (C=O) groups excluding carboxylic acids is 1. The van der Waals surface area contributed by atoms with Gasteiger partial charge in [-0.2, -0.15) is 5.26 Å². The Morgan fingerprint density at radius 3 is 2.94 bits per heavy atom. The number of anilines is 1. The zero-order chi connectivity index (χ0) is 11.8. The van der Waals surface area contributed by atoms with E-state index in [1.165, 1.54) is 7.11 Å². The van der Waals surface area contributed by atoms with Crippen molar-refractivity contribution in [1.29, 1.82) is 5.26 Å². The number of rotatable bonds is 5. The number of benzene rings is 1. The summed E-state index contributed by atoms with van der Waals surface area (Å²) in [7, 11) is 1.51. The van der Waals surface area contributed by atoms with Gasteiger partial charge in [0.05, 0.1) is 11.8 Å². The lowest BCUT2D eigenvalue weighted by molar-refractivity contribution is -0.115. The molecule has 0 unspecified atom stereocenters. The zero-order valence-corrected chi connectivity index (χ0v) is 8.90. The Hall–Kier alpha value is -2.06. The average molecular weight is 220 g/mol. The molecule has 84 valence electrons. The van der Waals surface area contributed by atoms with Gasteiger partial charge in [-0.1, -0.05) is 12.1 Å². The molecule has 1 rings (SSSR count). The second-order valence-electron chi connectivity index (χ2n) is 2.93. The fourth-order valence-electron chi connectivity index (χ4n) is 1.08. The van der Waals surface area contributed by atoms with Crippen LogP contribution >= 0.6 is 0 Å². The van der Waals surface area contributed by atoms with Crippen LogP contribution in [0.25, 0.3) is 0 Å². The van der Waals surface area contributed by atoms with E-state index in [1.54, 1.807) is 30.3 Å². The molecule has 1 aromatic carbocycles. The maximum Gasteiger partial charge on any atom is 0.238 e. The number of para-hydroxylation sites is 2. The van der Waals surface area contributed by atoms with Crippen molar-refractivity contribution in [3.05, 3.63) is 24.3 Å². The molecule has 0 heterocycles. The van der Waals surface area contributed by atoms with Gasteiger partial charge in [-0.25, -0.2) is 0 Å². The molecule has 0 spiro atoms. The standard InChI is InChI=1S/C11H12N2O3/c1-15-8-16-10-5-3-2-4-9(10)13-11(14)6-7-12/h2-5H,6,8H2,1H3,(H,13,14). The summed E-state index contributed by atoms with van der Waals surface area (Å²) < 4.78 is 10.0. The van der Waals surface area contributed by atoms with E-state index < -0.39 is 0 Å². The summed E-state index contributed by atoms with van der Waals surface area (Å²) in [4.78, 5) is 11.2. The van der Waals surface area contributed by atoms with E-state index in [0.717, 1.165) is 0 Å². The second kappa shape index (κ2) is 6.43. The van der Waals surface area contributed by atoms with Crippen molar-refractivity contribution in [3.8, 4) is 11.8 Å². The van der Waals surface area contributed by atoms with Crippen molar-refractivity contribution in [1.82, 2.24) is 0 Å². The molecule has 0 saturated heterocycles. The van der Waals surface area contributed by atoms with Crippen molar-refractivity contribution in [2.75, 3.05) is 19.2 Å². The molecular formula is C11H12N2O3. The van der Waals surface area contributed by atoms with Crippen LogP contribution < -0.4 is 10.1 Å². The summed E-state index contributed by atoms with van der Waals surface area (Å²) in [6.45, 7) is 0.102. The van der Waals surface area contributed by atoms with Gasteiger partial charge in [0.25, 0.3) is 0 Å². The minimum atomic E-state index is -0.365. The van der Waals surface area contributed by atoms with Crippen LogP contribution in [-0.4, -0.2) is 19.8 Å². The first kappa shape index (κ1) is 12.0. The Kier molecular flexibility index (Phi) is 4.83. The summed E-state index contributed by atoms with van der Waals surface area (Å²) >= 11 is 0. The van der Waals surface area contributed by atoms with Gasteiger partial charge in [0, 0.05) is 7.11 Å². The first-order valence-electron chi connectivity index (χ1n) is 4.65. The molecule has 0 radical (unpaired) electrons. The molecular weight excluding hydrogens is 208 g/mol. The summed E-state index contributed by atoms with van der Waals surface area (Å²) in [5.74, 6) is 0.145. The number of carbonyl (C=O) groups is 1. The quantitative estimate of drug-likeness (QED) is 0.763. The highest BCUT2D eigenvalue weighted by atomic mass is 16.7. The summed E-state index contributed by atoms with van der Waals surface area (Å²) in [5.41, 5.74) is 0.528. The zero-order valence-electron chi connectivity index (χ0n) is 8.90. The molecule has 0 aliphatic heterocycles. The number of hydrogen-bond donors (Lipinski definition) is 1. The smallest absolute Gasteiger partial charge is 0.238 e. The molecule has 0 aromatic heterocycles. The van der Waals surface area contributed by atoms with Crippen molar-refractivity contribution in [2.24, 2.45) is 0 Å². The van der Waals surface area contributed by atoms with Gasteiger partial charge in [0.15, 0.2) is 6.79 Å². The number of methoxy groups -OCH3 is 1. The average Bonchev–Trinajstić information content (AvgIpc) is 2.28. The summed E-state index contributed by atoms with van der Waals surface area (Å²) in [6, 6.07) is 8.73. The molecule has 0 aliphatic rings. The van der Waals surface area contributed by atoms with E-state index in [1.807, 2.05) is 0 Å². The Bertz CT molecular complexity index is 398. The number of nitrogens with zero attached hydrogens (tertiary/aromatic N) is 1. The largest absolute Gasteiger partial charge is 0.465 e. The van der Waals surface area contributed by atoms with Gasteiger partial charge in [0.2, 0.25) is 5.91 Å². The second-order valence-corrected chi connectivity index (χ2v) is 2.93. The van der Waals surface area contributed by atoms with E-state index in [9.17, 15) is 4.79 Å². The van der Waals surface area contributed by atoms with E-state index in [-0.39, 0.29) is 19.1 Å². The third kappa shape index (κ3) is 3.59. The summed E-state index contributed by atoms with van der Waals surface area (Å²) in [5, 5.41) is 10.9. The minimum absolute atomic E-state index is 0.102. The highest BCUT2D eigenvalue weighted by Gasteiger charge is 2.06. The molecule has 1 N–H and O–H groups in total. The van der Waals surface area contributed by atoms with Crippen molar-refractivity contribution < 1.29 is 14.3 Å². The lowest BCUT2D eigenvalue weighted by atomic mass is 10.3. The van der Waals surface area contributed by atoms with Gasteiger partial charge in [-0.05, 0) is 12.1 Å². The predicted octanol–water partition coefficient (Wildman–Crippen LogP) is 1.52. The molecule has 5 nitrogen and oxygen atoms in total. The maximum atomic E-state index is 11.2. The van der Waals surface area contributed by atoms with Crippen LogP contribution in [-0.2, 0) is 9.53 Å². The molecule has 0 saturated carbocycles. The molecule has 5 heteroatoms. The van der Waals surface area contributed by atoms with Gasteiger partial charge in [-0.3, -0.25) is 4.79 Å². The van der Waals surface area contributed by atoms with Crippen LogP contribution in [0, 0.1) is 11.3 Å². The lowest BCUT2D eigenvalue weighted by Gasteiger charge is -2.10. The Balaban J connectivity index is 2.71. The van der Waals surface area contributed by atoms with E-state index in [0.29, 0.717) is 11.4 Å². The minimum Gasteiger partial charge on any atom is -0.465 e. The number of nitriles is 1. The predicted molar refractivity (Wildman–Crippen MR) is 57.8 cm³/mol. The molecule has 0 fully saturated rings. The fraction of sp³-hybridized carbons (Fsp3) is 0.273. The van der Waals surface area contributed by atoms with Gasteiger partial charge < -0.3 is 14.8 Å². The lowest BCUT2D eigenvalue weighted by Crippen LogP contribution is -2.11. The first-order valence-corrected chi connectivity index (χ1v) is 4.65. The topological polar surface area (TPSA) is 71.3 Å². The number of nitrogens with one attached hydrogen (secondary N) is 1. The van der Waals surface area contributed by atoms with Crippen molar-refractivity contribution in [3.63, 3.8) is 0 Å². The molecule has 16 heavy (non-hydrogen) atoms.